The molecule has 2 N–H and O–H groups in total. The fraction of sp³-hybridized carbons (Fsp3) is 0. The lowest BCUT2D eigenvalue weighted by Crippen LogP contribution is -2.12. The Kier molecular flexibility index (Phi) is 3.80. The van der Waals surface area contributed by atoms with E-state index in [1.54, 1.807) is 6.07 Å². The second kappa shape index (κ2) is 5.36. The highest BCUT2D eigenvalue weighted by Gasteiger charge is 2.12. The number of hydrogen-bond acceptors (Lipinski definition) is 2. The second-order valence-corrected chi connectivity index (χ2v) is 4.66. The standard InChI is InChI=1S/C13H8BrF2NO2/c14-7-1-4-12(18)9(5-7)13(19)17-8-2-3-10(15)11(16)6-8/h1-6,18H,(H,17,19). The molecule has 0 saturated carbocycles. The molecule has 0 heterocycles. The SMILES string of the molecule is O=C(Nc1ccc(F)c(F)c1)c1cc(Br)ccc1O. The summed E-state index contributed by atoms with van der Waals surface area (Å²) in [6.45, 7) is 0. The van der Waals surface area contributed by atoms with Gasteiger partial charge in [0.25, 0.3) is 5.91 Å². The van der Waals surface area contributed by atoms with E-state index in [-0.39, 0.29) is 17.0 Å². The highest BCUT2D eigenvalue weighted by atomic mass is 79.9. The first-order valence-electron chi connectivity index (χ1n) is 5.22. The maximum absolute atomic E-state index is 13.0. The summed E-state index contributed by atoms with van der Waals surface area (Å²) in [7, 11) is 0. The van der Waals surface area contributed by atoms with Crippen molar-refractivity contribution in [3.05, 3.63) is 58.1 Å². The molecule has 0 aliphatic rings. The fourth-order valence-corrected chi connectivity index (χ4v) is 1.82. The highest BCUT2D eigenvalue weighted by molar-refractivity contribution is 9.10. The van der Waals surface area contributed by atoms with E-state index in [2.05, 4.69) is 21.2 Å². The number of phenolic OH excluding ortho intramolecular Hbond substituents is 1. The molecule has 2 aromatic rings. The van der Waals surface area contributed by atoms with Crippen LogP contribution in [-0.2, 0) is 0 Å². The van der Waals surface area contributed by atoms with Crippen LogP contribution in [0.5, 0.6) is 5.75 Å². The molecule has 0 aliphatic carbocycles. The molecule has 0 aromatic heterocycles. The van der Waals surface area contributed by atoms with E-state index in [9.17, 15) is 18.7 Å². The Hall–Kier alpha value is -1.95. The summed E-state index contributed by atoms with van der Waals surface area (Å²) in [6, 6.07) is 7.35. The molecular weight excluding hydrogens is 320 g/mol. The van der Waals surface area contributed by atoms with Crippen LogP contribution in [0.1, 0.15) is 10.4 Å². The van der Waals surface area contributed by atoms with E-state index in [0.717, 1.165) is 12.1 Å². The van der Waals surface area contributed by atoms with Crippen LogP contribution in [0.15, 0.2) is 40.9 Å². The van der Waals surface area contributed by atoms with Gasteiger partial charge in [0.05, 0.1) is 5.56 Å². The van der Waals surface area contributed by atoms with Gasteiger partial charge in [0.15, 0.2) is 11.6 Å². The van der Waals surface area contributed by atoms with E-state index < -0.39 is 17.5 Å². The van der Waals surface area contributed by atoms with Gasteiger partial charge in [0.2, 0.25) is 0 Å². The molecule has 0 aliphatic heterocycles. The van der Waals surface area contributed by atoms with Crippen molar-refractivity contribution in [1.29, 1.82) is 0 Å². The van der Waals surface area contributed by atoms with Gasteiger partial charge in [0.1, 0.15) is 5.75 Å². The minimum atomic E-state index is -1.06. The Balaban J connectivity index is 2.25. The van der Waals surface area contributed by atoms with Gasteiger partial charge in [-0.1, -0.05) is 15.9 Å². The van der Waals surface area contributed by atoms with Crippen LogP contribution in [0.4, 0.5) is 14.5 Å². The van der Waals surface area contributed by atoms with Gasteiger partial charge >= 0.3 is 0 Å². The normalized spacial score (nSPS) is 10.3. The van der Waals surface area contributed by atoms with Crippen molar-refractivity contribution in [2.24, 2.45) is 0 Å². The summed E-state index contributed by atoms with van der Waals surface area (Å²) in [5.41, 5.74) is 0.127. The smallest absolute Gasteiger partial charge is 0.259 e. The van der Waals surface area contributed by atoms with Crippen LogP contribution in [0, 0.1) is 11.6 Å². The lowest BCUT2D eigenvalue weighted by Gasteiger charge is -2.07. The van der Waals surface area contributed by atoms with Crippen molar-refractivity contribution >= 4 is 27.5 Å². The number of carbonyl (C=O) groups is 1. The molecule has 19 heavy (non-hydrogen) atoms. The first-order valence-corrected chi connectivity index (χ1v) is 6.01. The molecule has 0 atom stereocenters. The number of halogens is 3. The van der Waals surface area contributed by atoms with E-state index in [0.29, 0.717) is 4.47 Å². The summed E-state index contributed by atoms with van der Waals surface area (Å²) < 4.78 is 26.3. The summed E-state index contributed by atoms with van der Waals surface area (Å²) in [6.07, 6.45) is 0. The van der Waals surface area contributed by atoms with Crippen molar-refractivity contribution < 1.29 is 18.7 Å². The molecule has 0 unspecified atom stereocenters. The van der Waals surface area contributed by atoms with Gasteiger partial charge in [-0.3, -0.25) is 4.79 Å². The monoisotopic (exact) mass is 327 g/mol. The molecule has 2 aromatic carbocycles. The second-order valence-electron chi connectivity index (χ2n) is 3.74. The van der Waals surface area contributed by atoms with E-state index in [1.807, 2.05) is 0 Å². The number of amides is 1. The summed E-state index contributed by atoms with van der Waals surface area (Å²) >= 11 is 3.17. The number of aromatic hydroxyl groups is 1. The van der Waals surface area contributed by atoms with Crippen molar-refractivity contribution in [3.63, 3.8) is 0 Å². The Morgan fingerprint density at radius 3 is 2.53 bits per heavy atom. The van der Waals surface area contributed by atoms with Gasteiger partial charge in [-0.05, 0) is 30.3 Å². The number of nitrogens with one attached hydrogen (secondary N) is 1. The molecule has 1 amide bonds. The topological polar surface area (TPSA) is 49.3 Å². The van der Waals surface area contributed by atoms with E-state index in [1.165, 1.54) is 18.2 Å². The predicted octanol–water partition coefficient (Wildman–Crippen LogP) is 3.69. The van der Waals surface area contributed by atoms with Gasteiger partial charge in [-0.25, -0.2) is 8.78 Å². The van der Waals surface area contributed by atoms with Crippen molar-refractivity contribution in [2.75, 3.05) is 5.32 Å². The van der Waals surface area contributed by atoms with E-state index in [4.69, 9.17) is 0 Å². The van der Waals surface area contributed by atoms with Gasteiger partial charge < -0.3 is 10.4 Å². The summed E-state index contributed by atoms with van der Waals surface area (Å²) in [5.74, 6) is -2.88. The lowest BCUT2D eigenvalue weighted by molar-refractivity contribution is 0.102. The van der Waals surface area contributed by atoms with Crippen molar-refractivity contribution in [1.82, 2.24) is 0 Å². The Morgan fingerprint density at radius 2 is 1.84 bits per heavy atom. The average molecular weight is 328 g/mol. The van der Waals surface area contributed by atoms with Gasteiger partial charge in [-0.2, -0.15) is 0 Å². The largest absolute Gasteiger partial charge is 0.507 e. The third-order valence-electron chi connectivity index (χ3n) is 2.38. The Bertz CT molecular complexity index is 647. The number of rotatable bonds is 2. The molecule has 0 saturated heterocycles. The van der Waals surface area contributed by atoms with Gasteiger partial charge in [-0.15, -0.1) is 0 Å². The zero-order chi connectivity index (χ0) is 14.0. The minimum Gasteiger partial charge on any atom is -0.507 e. The van der Waals surface area contributed by atoms with Gasteiger partial charge in [0, 0.05) is 16.2 Å². The summed E-state index contributed by atoms with van der Waals surface area (Å²) in [4.78, 5) is 11.9. The maximum Gasteiger partial charge on any atom is 0.259 e. The zero-order valence-electron chi connectivity index (χ0n) is 9.45. The fourth-order valence-electron chi connectivity index (χ4n) is 1.46. The van der Waals surface area contributed by atoms with Crippen LogP contribution < -0.4 is 5.32 Å². The molecule has 3 nitrogen and oxygen atoms in total. The third-order valence-corrected chi connectivity index (χ3v) is 2.87. The van der Waals surface area contributed by atoms with Crippen molar-refractivity contribution in [2.45, 2.75) is 0 Å². The average Bonchev–Trinajstić information content (AvgIpc) is 2.36. The molecule has 0 radical (unpaired) electrons. The molecule has 0 bridgehead atoms. The molecule has 98 valence electrons. The van der Waals surface area contributed by atoms with E-state index >= 15 is 0 Å². The first-order chi connectivity index (χ1) is 8.97. The zero-order valence-corrected chi connectivity index (χ0v) is 11.0. The Labute approximate surface area is 116 Å². The first kappa shape index (κ1) is 13.5. The van der Waals surface area contributed by atoms with Crippen molar-refractivity contribution in [3.8, 4) is 5.75 Å². The predicted molar refractivity (Wildman–Crippen MR) is 70.1 cm³/mol. The molecular formula is C13H8BrF2NO2. The molecule has 2 rings (SSSR count). The summed E-state index contributed by atoms with van der Waals surface area (Å²) in [5, 5.41) is 11.9. The number of carbonyl (C=O) groups excluding carboxylic acids is 1. The van der Waals surface area contributed by atoms with Crippen LogP contribution in [0.25, 0.3) is 0 Å². The van der Waals surface area contributed by atoms with Crippen LogP contribution in [0.2, 0.25) is 0 Å². The van der Waals surface area contributed by atoms with Crippen LogP contribution in [-0.4, -0.2) is 11.0 Å². The number of phenols is 1. The highest BCUT2D eigenvalue weighted by Crippen LogP contribution is 2.23. The molecule has 0 spiro atoms. The lowest BCUT2D eigenvalue weighted by atomic mass is 10.2. The number of anilines is 1. The van der Waals surface area contributed by atoms with Crippen LogP contribution in [0.3, 0.4) is 0 Å². The quantitative estimate of drug-likeness (QED) is 0.883. The molecule has 6 heteroatoms. The Morgan fingerprint density at radius 1 is 1.11 bits per heavy atom. The molecule has 0 fully saturated rings. The maximum atomic E-state index is 13.0. The van der Waals surface area contributed by atoms with Crippen LogP contribution >= 0.6 is 15.9 Å². The number of benzene rings is 2. The number of hydrogen-bond donors (Lipinski definition) is 2. The third kappa shape index (κ3) is 3.08. The minimum absolute atomic E-state index is 0.0270.